The summed E-state index contributed by atoms with van der Waals surface area (Å²) in [7, 11) is 1.64. The SMILES string of the molecule is CCCCC(C)(Cl)OC.c1ccc2c(c1)Cc1ccccc1-2. The van der Waals surface area contributed by atoms with Gasteiger partial charge in [0, 0.05) is 7.11 Å². The molecule has 0 aliphatic heterocycles. The summed E-state index contributed by atoms with van der Waals surface area (Å²) in [4.78, 5) is 0. The lowest BCUT2D eigenvalue weighted by Gasteiger charge is -2.18. The Labute approximate surface area is 139 Å². The molecule has 1 atom stereocenters. The molecule has 0 amide bonds. The molecule has 0 saturated heterocycles. The third-order valence-corrected chi connectivity index (χ3v) is 4.45. The first-order valence-corrected chi connectivity index (χ1v) is 8.35. The van der Waals surface area contributed by atoms with Crippen LogP contribution in [0.1, 0.15) is 44.2 Å². The molecule has 118 valence electrons. The van der Waals surface area contributed by atoms with Gasteiger partial charge in [-0.05, 0) is 48.4 Å². The Kier molecular flexibility index (Phi) is 6.05. The van der Waals surface area contributed by atoms with E-state index in [4.69, 9.17) is 16.3 Å². The molecule has 1 aliphatic carbocycles. The highest BCUT2D eigenvalue weighted by Crippen LogP contribution is 2.35. The van der Waals surface area contributed by atoms with Crippen LogP contribution in [0.5, 0.6) is 0 Å². The van der Waals surface area contributed by atoms with Gasteiger partial charge in [0.05, 0.1) is 0 Å². The molecule has 0 saturated carbocycles. The molecule has 0 N–H and O–H groups in total. The Morgan fingerprint density at radius 2 is 1.50 bits per heavy atom. The smallest absolute Gasteiger partial charge is 0.138 e. The van der Waals surface area contributed by atoms with Crippen LogP contribution < -0.4 is 0 Å². The average molecular weight is 317 g/mol. The molecule has 0 heterocycles. The van der Waals surface area contributed by atoms with Gasteiger partial charge < -0.3 is 4.74 Å². The van der Waals surface area contributed by atoms with Crippen molar-refractivity contribution in [1.82, 2.24) is 0 Å². The van der Waals surface area contributed by atoms with E-state index >= 15 is 0 Å². The number of unbranched alkanes of at least 4 members (excludes halogenated alkanes) is 1. The quantitative estimate of drug-likeness (QED) is 0.533. The molecule has 3 rings (SSSR count). The maximum Gasteiger partial charge on any atom is 0.138 e. The Morgan fingerprint density at radius 1 is 1.00 bits per heavy atom. The molecule has 0 bridgehead atoms. The first-order valence-electron chi connectivity index (χ1n) is 7.97. The average Bonchev–Trinajstić information content (AvgIpc) is 2.92. The van der Waals surface area contributed by atoms with E-state index in [0.29, 0.717) is 0 Å². The molecule has 0 fully saturated rings. The molecule has 0 aromatic heterocycles. The van der Waals surface area contributed by atoms with Crippen molar-refractivity contribution in [2.75, 3.05) is 7.11 Å². The van der Waals surface area contributed by atoms with Crippen LogP contribution >= 0.6 is 11.6 Å². The molecule has 2 heteroatoms. The van der Waals surface area contributed by atoms with Gasteiger partial charge in [0.1, 0.15) is 5.06 Å². The summed E-state index contributed by atoms with van der Waals surface area (Å²) in [6, 6.07) is 17.3. The molecular formula is C20H25ClO. The second-order valence-electron chi connectivity index (χ2n) is 5.90. The summed E-state index contributed by atoms with van der Waals surface area (Å²) in [5.74, 6) is 0. The van der Waals surface area contributed by atoms with Crippen molar-refractivity contribution >= 4 is 11.6 Å². The molecule has 1 aliphatic rings. The van der Waals surface area contributed by atoms with Crippen LogP contribution in [-0.4, -0.2) is 12.2 Å². The van der Waals surface area contributed by atoms with Crippen molar-refractivity contribution in [2.24, 2.45) is 0 Å². The van der Waals surface area contributed by atoms with Crippen molar-refractivity contribution in [3.63, 3.8) is 0 Å². The highest BCUT2D eigenvalue weighted by molar-refractivity contribution is 6.22. The number of ether oxygens (including phenoxy) is 1. The van der Waals surface area contributed by atoms with Gasteiger partial charge in [-0.1, -0.05) is 73.5 Å². The van der Waals surface area contributed by atoms with Crippen LogP contribution in [0.4, 0.5) is 0 Å². The molecule has 0 radical (unpaired) electrons. The van der Waals surface area contributed by atoms with Gasteiger partial charge in [-0.2, -0.15) is 0 Å². The number of hydrogen-bond donors (Lipinski definition) is 0. The zero-order valence-electron chi connectivity index (χ0n) is 13.7. The minimum absolute atomic E-state index is 0.435. The van der Waals surface area contributed by atoms with E-state index in [0.717, 1.165) is 19.3 Å². The summed E-state index contributed by atoms with van der Waals surface area (Å²) in [6.07, 6.45) is 4.34. The molecule has 1 unspecified atom stereocenters. The van der Waals surface area contributed by atoms with Crippen molar-refractivity contribution in [1.29, 1.82) is 0 Å². The lowest BCUT2D eigenvalue weighted by molar-refractivity contribution is 0.0706. The van der Waals surface area contributed by atoms with Crippen LogP contribution in [0.3, 0.4) is 0 Å². The number of hydrogen-bond acceptors (Lipinski definition) is 1. The second-order valence-corrected chi connectivity index (χ2v) is 6.70. The fourth-order valence-electron chi connectivity index (χ4n) is 2.67. The minimum Gasteiger partial charge on any atom is -0.363 e. The Morgan fingerprint density at radius 3 is 1.95 bits per heavy atom. The number of benzene rings is 2. The van der Waals surface area contributed by atoms with Crippen molar-refractivity contribution in [3.05, 3.63) is 59.7 Å². The van der Waals surface area contributed by atoms with Gasteiger partial charge in [-0.25, -0.2) is 0 Å². The van der Waals surface area contributed by atoms with E-state index in [1.165, 1.54) is 28.7 Å². The maximum atomic E-state index is 5.88. The Bertz CT molecular complexity index is 561. The van der Waals surface area contributed by atoms with E-state index in [1.54, 1.807) is 7.11 Å². The fraction of sp³-hybridized carbons (Fsp3) is 0.400. The lowest BCUT2D eigenvalue weighted by Crippen LogP contribution is -2.18. The number of rotatable bonds is 4. The summed E-state index contributed by atoms with van der Waals surface area (Å²) in [5, 5.41) is -0.435. The summed E-state index contributed by atoms with van der Waals surface area (Å²) in [5.41, 5.74) is 5.75. The van der Waals surface area contributed by atoms with Crippen LogP contribution in [0.2, 0.25) is 0 Å². The summed E-state index contributed by atoms with van der Waals surface area (Å²) in [6.45, 7) is 4.03. The summed E-state index contributed by atoms with van der Waals surface area (Å²) >= 11 is 5.88. The van der Waals surface area contributed by atoms with Crippen LogP contribution in [0.25, 0.3) is 11.1 Å². The van der Waals surface area contributed by atoms with Gasteiger partial charge >= 0.3 is 0 Å². The van der Waals surface area contributed by atoms with Gasteiger partial charge in [0.2, 0.25) is 0 Å². The zero-order valence-corrected chi connectivity index (χ0v) is 14.5. The standard InChI is InChI=1S/C13H10.C7H15ClO/c1-3-7-12-10(5-1)9-11-6-2-4-8-13(11)12;1-4-5-6-7(2,8)9-3/h1-8H,9H2;4-6H2,1-3H3. The van der Waals surface area contributed by atoms with Crippen LogP contribution in [0, 0.1) is 0 Å². The zero-order chi connectivity index (χ0) is 16.0. The molecule has 22 heavy (non-hydrogen) atoms. The number of halogens is 1. The van der Waals surface area contributed by atoms with Gasteiger partial charge in [-0.15, -0.1) is 0 Å². The first-order chi connectivity index (χ1) is 10.6. The normalized spacial score (nSPS) is 14.4. The molecule has 1 nitrogen and oxygen atoms in total. The Balaban J connectivity index is 0.000000175. The number of alkyl halides is 1. The fourth-order valence-corrected chi connectivity index (χ4v) is 2.81. The predicted molar refractivity (Wildman–Crippen MR) is 95.5 cm³/mol. The van der Waals surface area contributed by atoms with Gasteiger partial charge in [0.25, 0.3) is 0 Å². The highest BCUT2D eigenvalue weighted by atomic mass is 35.5. The van der Waals surface area contributed by atoms with Crippen molar-refractivity contribution in [2.45, 2.75) is 44.6 Å². The number of fused-ring (bicyclic) bond motifs is 3. The molecular weight excluding hydrogens is 292 g/mol. The highest BCUT2D eigenvalue weighted by Gasteiger charge is 2.17. The topological polar surface area (TPSA) is 9.23 Å². The predicted octanol–water partition coefficient (Wildman–Crippen LogP) is 6.04. The first kappa shape index (κ1) is 17.1. The monoisotopic (exact) mass is 316 g/mol. The van der Waals surface area contributed by atoms with Crippen LogP contribution in [-0.2, 0) is 11.2 Å². The molecule has 2 aromatic carbocycles. The van der Waals surface area contributed by atoms with E-state index in [9.17, 15) is 0 Å². The van der Waals surface area contributed by atoms with E-state index < -0.39 is 5.06 Å². The van der Waals surface area contributed by atoms with Crippen LogP contribution in [0.15, 0.2) is 48.5 Å². The van der Waals surface area contributed by atoms with Crippen molar-refractivity contribution in [3.8, 4) is 11.1 Å². The second kappa shape index (κ2) is 7.80. The number of methoxy groups -OCH3 is 1. The third-order valence-electron chi connectivity index (χ3n) is 4.11. The van der Waals surface area contributed by atoms with Gasteiger partial charge in [-0.3, -0.25) is 0 Å². The molecule has 2 aromatic rings. The molecule has 0 spiro atoms. The van der Waals surface area contributed by atoms with E-state index in [2.05, 4.69) is 55.5 Å². The largest absolute Gasteiger partial charge is 0.363 e. The third kappa shape index (κ3) is 4.34. The minimum atomic E-state index is -0.435. The summed E-state index contributed by atoms with van der Waals surface area (Å²) < 4.78 is 5.01. The van der Waals surface area contributed by atoms with Gasteiger partial charge in [0.15, 0.2) is 0 Å². The van der Waals surface area contributed by atoms with E-state index in [-0.39, 0.29) is 0 Å². The van der Waals surface area contributed by atoms with Crippen molar-refractivity contribution < 1.29 is 4.74 Å². The lowest BCUT2D eigenvalue weighted by atomic mass is 10.1. The maximum absolute atomic E-state index is 5.88. The Hall–Kier alpha value is -1.31. The van der Waals surface area contributed by atoms with E-state index in [1.807, 2.05) is 6.92 Å².